The average molecular weight is 217 g/mol. The highest BCUT2D eigenvalue weighted by Crippen LogP contribution is 2.27. The van der Waals surface area contributed by atoms with Crippen molar-refractivity contribution in [2.24, 2.45) is 0 Å². The van der Waals surface area contributed by atoms with Crippen LogP contribution in [0.15, 0.2) is 24.4 Å². The van der Waals surface area contributed by atoms with Crippen molar-refractivity contribution in [2.75, 3.05) is 7.11 Å². The predicted octanol–water partition coefficient (Wildman–Crippen LogP) is 2.04. The third-order valence-corrected chi connectivity index (χ3v) is 2.47. The summed E-state index contributed by atoms with van der Waals surface area (Å²) in [5.41, 5.74) is 1.81. The van der Waals surface area contributed by atoms with E-state index in [1.54, 1.807) is 6.07 Å². The Labute approximate surface area is 92.5 Å². The second-order valence-electron chi connectivity index (χ2n) is 3.48. The van der Waals surface area contributed by atoms with E-state index in [0.29, 0.717) is 10.9 Å². The summed E-state index contributed by atoms with van der Waals surface area (Å²) in [6, 6.07) is 5.44. The predicted molar refractivity (Wildman–Crippen MR) is 59.5 cm³/mol. The Kier molecular flexibility index (Phi) is 2.48. The van der Waals surface area contributed by atoms with Crippen LogP contribution in [0.1, 0.15) is 15.9 Å². The number of fused-ring (bicyclic) bond motifs is 1. The number of rotatable bonds is 1. The molecule has 4 heteroatoms. The van der Waals surface area contributed by atoms with E-state index >= 15 is 0 Å². The van der Waals surface area contributed by atoms with Crippen LogP contribution in [0.5, 0.6) is 5.75 Å². The molecule has 0 aliphatic heterocycles. The van der Waals surface area contributed by atoms with E-state index in [4.69, 9.17) is 0 Å². The lowest BCUT2D eigenvalue weighted by atomic mass is 10.1. The van der Waals surface area contributed by atoms with Gasteiger partial charge in [0.05, 0.1) is 18.8 Å². The summed E-state index contributed by atoms with van der Waals surface area (Å²) in [4.78, 5) is 15.6. The number of carbonyl (C=O) groups is 1. The van der Waals surface area contributed by atoms with Crippen LogP contribution in [0.2, 0.25) is 0 Å². The zero-order chi connectivity index (χ0) is 11.7. The number of hydrogen-bond donors (Lipinski definition) is 1. The van der Waals surface area contributed by atoms with Gasteiger partial charge in [-0.25, -0.2) is 4.79 Å². The summed E-state index contributed by atoms with van der Waals surface area (Å²) in [6.45, 7) is 1.90. The molecule has 0 atom stereocenters. The van der Waals surface area contributed by atoms with E-state index in [1.165, 1.54) is 13.3 Å². The van der Waals surface area contributed by atoms with Gasteiger partial charge in [0.2, 0.25) is 0 Å². The van der Waals surface area contributed by atoms with Gasteiger partial charge in [0.1, 0.15) is 11.3 Å². The van der Waals surface area contributed by atoms with Gasteiger partial charge in [0, 0.05) is 5.39 Å². The molecule has 4 nitrogen and oxygen atoms in total. The van der Waals surface area contributed by atoms with Gasteiger partial charge in [-0.05, 0) is 12.5 Å². The first-order chi connectivity index (χ1) is 7.65. The van der Waals surface area contributed by atoms with Gasteiger partial charge in [0.25, 0.3) is 0 Å². The van der Waals surface area contributed by atoms with Crippen LogP contribution in [-0.4, -0.2) is 23.2 Å². The van der Waals surface area contributed by atoms with E-state index in [2.05, 4.69) is 9.72 Å². The summed E-state index contributed by atoms with van der Waals surface area (Å²) in [5, 5.41) is 10.2. The SMILES string of the molecule is COC(=O)c1c(O)cnc2c(C)cccc12. The van der Waals surface area contributed by atoms with Gasteiger partial charge in [-0.1, -0.05) is 18.2 Å². The van der Waals surface area contributed by atoms with Crippen LogP contribution in [0.3, 0.4) is 0 Å². The summed E-state index contributed by atoms with van der Waals surface area (Å²) >= 11 is 0. The molecule has 1 heterocycles. The highest BCUT2D eigenvalue weighted by molar-refractivity contribution is 6.06. The first-order valence-corrected chi connectivity index (χ1v) is 4.80. The normalized spacial score (nSPS) is 10.4. The van der Waals surface area contributed by atoms with Crippen molar-refractivity contribution in [3.8, 4) is 5.75 Å². The first-order valence-electron chi connectivity index (χ1n) is 4.80. The molecule has 0 saturated heterocycles. The fourth-order valence-electron chi connectivity index (χ4n) is 1.68. The molecule has 1 aromatic carbocycles. The molecule has 0 unspecified atom stereocenters. The van der Waals surface area contributed by atoms with Gasteiger partial charge >= 0.3 is 5.97 Å². The summed E-state index contributed by atoms with van der Waals surface area (Å²) in [5.74, 6) is -0.722. The zero-order valence-corrected chi connectivity index (χ0v) is 9.02. The second kappa shape index (κ2) is 3.81. The molecule has 1 N–H and O–H groups in total. The maximum absolute atomic E-state index is 11.5. The Morgan fingerprint density at radius 3 is 2.88 bits per heavy atom. The lowest BCUT2D eigenvalue weighted by Crippen LogP contribution is -2.03. The number of hydrogen-bond acceptors (Lipinski definition) is 4. The molecule has 0 spiro atoms. The lowest BCUT2D eigenvalue weighted by Gasteiger charge is -2.07. The van der Waals surface area contributed by atoms with Crippen molar-refractivity contribution in [3.63, 3.8) is 0 Å². The number of ether oxygens (including phenoxy) is 1. The minimum atomic E-state index is -0.560. The number of methoxy groups -OCH3 is 1. The number of aromatic nitrogens is 1. The van der Waals surface area contributed by atoms with Crippen molar-refractivity contribution in [1.29, 1.82) is 0 Å². The fraction of sp³-hybridized carbons (Fsp3) is 0.167. The van der Waals surface area contributed by atoms with Crippen molar-refractivity contribution < 1.29 is 14.6 Å². The number of para-hydroxylation sites is 1. The van der Waals surface area contributed by atoms with Gasteiger partial charge < -0.3 is 9.84 Å². The summed E-state index contributed by atoms with van der Waals surface area (Å²) in [7, 11) is 1.28. The number of benzene rings is 1. The van der Waals surface area contributed by atoms with Crippen LogP contribution in [0.25, 0.3) is 10.9 Å². The molecule has 0 amide bonds. The van der Waals surface area contributed by atoms with E-state index < -0.39 is 5.97 Å². The lowest BCUT2D eigenvalue weighted by molar-refractivity contribution is 0.0599. The highest BCUT2D eigenvalue weighted by atomic mass is 16.5. The van der Waals surface area contributed by atoms with E-state index in [0.717, 1.165) is 5.56 Å². The number of aryl methyl sites for hydroxylation is 1. The quantitative estimate of drug-likeness (QED) is 0.742. The fourth-order valence-corrected chi connectivity index (χ4v) is 1.68. The minimum absolute atomic E-state index is 0.162. The molecule has 0 saturated carbocycles. The van der Waals surface area contributed by atoms with Crippen LogP contribution in [-0.2, 0) is 4.74 Å². The molecule has 82 valence electrons. The molecule has 2 aromatic rings. The van der Waals surface area contributed by atoms with Gasteiger partial charge in [-0.2, -0.15) is 0 Å². The third kappa shape index (κ3) is 1.48. The van der Waals surface area contributed by atoms with Crippen molar-refractivity contribution in [3.05, 3.63) is 35.5 Å². The average Bonchev–Trinajstić information content (AvgIpc) is 2.28. The number of carbonyl (C=O) groups excluding carboxylic acids is 1. The Morgan fingerprint density at radius 1 is 1.44 bits per heavy atom. The Morgan fingerprint density at radius 2 is 2.19 bits per heavy atom. The number of esters is 1. The first kappa shape index (κ1) is 10.4. The van der Waals surface area contributed by atoms with Crippen molar-refractivity contribution in [2.45, 2.75) is 6.92 Å². The zero-order valence-electron chi connectivity index (χ0n) is 9.02. The minimum Gasteiger partial charge on any atom is -0.505 e. The van der Waals surface area contributed by atoms with Crippen LogP contribution < -0.4 is 0 Å². The summed E-state index contributed by atoms with van der Waals surface area (Å²) in [6.07, 6.45) is 1.27. The Hall–Kier alpha value is -2.10. The molecule has 1 aromatic heterocycles. The molecule has 0 bridgehead atoms. The maximum Gasteiger partial charge on any atom is 0.342 e. The van der Waals surface area contributed by atoms with E-state index in [-0.39, 0.29) is 11.3 Å². The molecular formula is C12H11NO3. The maximum atomic E-state index is 11.5. The van der Waals surface area contributed by atoms with Gasteiger partial charge in [-0.3, -0.25) is 4.98 Å². The molecule has 2 rings (SSSR count). The number of nitrogens with zero attached hydrogens (tertiary/aromatic N) is 1. The standard InChI is InChI=1S/C12H11NO3/c1-7-4-3-5-8-10(12(15)16-2)9(14)6-13-11(7)8/h3-6,14H,1-2H3. The van der Waals surface area contributed by atoms with Crippen LogP contribution in [0.4, 0.5) is 0 Å². The molecule has 16 heavy (non-hydrogen) atoms. The number of aromatic hydroxyl groups is 1. The summed E-state index contributed by atoms with van der Waals surface area (Å²) < 4.78 is 4.64. The second-order valence-corrected chi connectivity index (χ2v) is 3.48. The highest BCUT2D eigenvalue weighted by Gasteiger charge is 2.16. The molecule has 0 radical (unpaired) electrons. The van der Waals surface area contributed by atoms with Crippen molar-refractivity contribution in [1.82, 2.24) is 4.98 Å². The molecule has 0 fully saturated rings. The Balaban J connectivity index is 2.85. The topological polar surface area (TPSA) is 59.4 Å². The van der Waals surface area contributed by atoms with Gasteiger partial charge in [0.15, 0.2) is 0 Å². The molecule has 0 aliphatic carbocycles. The monoisotopic (exact) mass is 217 g/mol. The molecular weight excluding hydrogens is 206 g/mol. The van der Waals surface area contributed by atoms with E-state index in [9.17, 15) is 9.90 Å². The number of pyridine rings is 1. The Bertz CT molecular complexity index is 563. The van der Waals surface area contributed by atoms with Crippen LogP contribution >= 0.6 is 0 Å². The molecule has 0 aliphatic rings. The van der Waals surface area contributed by atoms with Crippen molar-refractivity contribution >= 4 is 16.9 Å². The third-order valence-electron chi connectivity index (χ3n) is 2.47. The van der Waals surface area contributed by atoms with E-state index in [1.807, 2.05) is 19.1 Å². The van der Waals surface area contributed by atoms with Gasteiger partial charge in [-0.15, -0.1) is 0 Å². The largest absolute Gasteiger partial charge is 0.505 e. The van der Waals surface area contributed by atoms with Crippen LogP contribution in [0, 0.1) is 6.92 Å². The smallest absolute Gasteiger partial charge is 0.342 e.